The number of furan rings is 1. The summed E-state index contributed by atoms with van der Waals surface area (Å²) in [5.74, 6) is 0. The van der Waals surface area contributed by atoms with Gasteiger partial charge in [-0.25, -0.2) is 0 Å². The molecule has 0 amide bonds. The van der Waals surface area contributed by atoms with Crippen molar-refractivity contribution in [1.82, 2.24) is 0 Å². The van der Waals surface area contributed by atoms with E-state index in [2.05, 4.69) is 181 Å². The van der Waals surface area contributed by atoms with Crippen molar-refractivity contribution in [3.05, 3.63) is 180 Å². The van der Waals surface area contributed by atoms with E-state index in [-0.39, 0.29) is 0 Å². The predicted molar refractivity (Wildman–Crippen MR) is 228 cm³/mol. The van der Waals surface area contributed by atoms with E-state index in [1.165, 1.54) is 87.6 Å². The summed E-state index contributed by atoms with van der Waals surface area (Å²) < 4.78 is 6.82. The fourth-order valence-corrected chi connectivity index (χ4v) is 9.71. The second kappa shape index (κ2) is 11.8. The number of thiophene rings is 1. The highest BCUT2D eigenvalue weighted by atomic mass is 32.1. The van der Waals surface area contributed by atoms with E-state index in [1.54, 1.807) is 11.3 Å². The first-order valence-corrected chi connectivity index (χ1v) is 19.1. The molecule has 0 unspecified atom stereocenters. The lowest BCUT2D eigenvalue weighted by Gasteiger charge is -2.18. The van der Waals surface area contributed by atoms with E-state index in [1.807, 2.05) is 0 Å². The molecule has 9 aromatic carbocycles. The fraction of sp³-hybridized carbons (Fsp3) is 0.0196. The number of hydrogen-bond acceptors (Lipinski definition) is 2. The molecule has 0 atom stereocenters. The van der Waals surface area contributed by atoms with Gasteiger partial charge in [0.2, 0.25) is 0 Å². The summed E-state index contributed by atoms with van der Waals surface area (Å²) >= 11 is 1.77. The molecular formula is C51H32OS. The lowest BCUT2D eigenvalue weighted by atomic mass is 9.84. The second-order valence-electron chi connectivity index (χ2n) is 14.0. The van der Waals surface area contributed by atoms with Gasteiger partial charge in [0.05, 0.1) is 0 Å². The van der Waals surface area contributed by atoms with Crippen molar-refractivity contribution < 1.29 is 4.42 Å². The van der Waals surface area contributed by atoms with Crippen LogP contribution in [-0.2, 0) is 0 Å². The molecule has 0 aliphatic carbocycles. The van der Waals surface area contributed by atoms with Crippen molar-refractivity contribution in [1.29, 1.82) is 0 Å². The molecular weight excluding hydrogens is 661 g/mol. The highest BCUT2D eigenvalue weighted by Gasteiger charge is 2.22. The molecule has 11 rings (SSSR count). The van der Waals surface area contributed by atoms with E-state index in [0.29, 0.717) is 0 Å². The van der Waals surface area contributed by atoms with Gasteiger partial charge in [-0.05, 0) is 129 Å². The van der Waals surface area contributed by atoms with Crippen LogP contribution in [0.2, 0.25) is 0 Å². The van der Waals surface area contributed by atoms with Gasteiger partial charge in [0.15, 0.2) is 0 Å². The highest BCUT2D eigenvalue weighted by Crippen LogP contribution is 2.49. The quantitative estimate of drug-likeness (QED) is 0.167. The molecule has 0 radical (unpaired) electrons. The molecule has 0 N–H and O–H groups in total. The van der Waals surface area contributed by atoms with Crippen LogP contribution in [0.15, 0.2) is 179 Å². The summed E-state index contributed by atoms with van der Waals surface area (Å²) in [5.41, 5.74) is 13.0. The average molecular weight is 693 g/mol. The molecule has 2 aromatic heterocycles. The maximum atomic E-state index is 6.82. The zero-order valence-corrected chi connectivity index (χ0v) is 29.9. The van der Waals surface area contributed by atoms with Crippen LogP contribution in [0, 0.1) is 6.92 Å². The first kappa shape index (κ1) is 30.2. The molecule has 248 valence electrons. The van der Waals surface area contributed by atoms with Crippen LogP contribution < -0.4 is 0 Å². The summed E-state index contributed by atoms with van der Waals surface area (Å²) in [6.07, 6.45) is 0. The zero-order valence-electron chi connectivity index (χ0n) is 29.1. The number of fused-ring (bicyclic) bond motifs is 7. The minimum atomic E-state index is 0.893. The SMILES string of the molecule is Cc1cscc1-c1c2ccccc2c(-c2cccc3oc4cc(-c5c6ccccc6c(-c6ccccc6)c6ccccc56)ccc4c23)c2ccccc12. The molecule has 0 spiro atoms. The Bertz CT molecular complexity index is 3120. The summed E-state index contributed by atoms with van der Waals surface area (Å²) in [5, 5.41) is 16.8. The van der Waals surface area contributed by atoms with E-state index in [9.17, 15) is 0 Å². The summed E-state index contributed by atoms with van der Waals surface area (Å²) in [4.78, 5) is 0. The van der Waals surface area contributed by atoms with Crippen LogP contribution in [-0.4, -0.2) is 0 Å². The molecule has 53 heavy (non-hydrogen) atoms. The third-order valence-electron chi connectivity index (χ3n) is 11.1. The van der Waals surface area contributed by atoms with E-state index in [4.69, 9.17) is 4.42 Å². The Morgan fingerprint density at radius 1 is 0.358 bits per heavy atom. The van der Waals surface area contributed by atoms with Crippen LogP contribution in [0.3, 0.4) is 0 Å². The standard InChI is InChI=1S/C51H32OS/c1-31-29-53-30-44(31)50-40-22-11-9-20-38(40)49(39-21-10-12-23-41(39)50)43-24-13-25-45-51(43)42-27-26-33(28-46(42)52-45)48-36-18-7-5-16-34(36)47(32-14-3-2-4-15-32)35-17-6-8-19-37(35)48/h2-30H,1H3. The Labute approximate surface area is 311 Å². The summed E-state index contributed by atoms with van der Waals surface area (Å²) in [6, 6.07) is 59.6. The molecule has 2 heterocycles. The average Bonchev–Trinajstić information content (AvgIpc) is 3.81. The molecule has 0 saturated heterocycles. The molecule has 1 nitrogen and oxygen atoms in total. The van der Waals surface area contributed by atoms with Crippen molar-refractivity contribution in [2.24, 2.45) is 0 Å². The second-order valence-corrected chi connectivity index (χ2v) is 14.8. The van der Waals surface area contributed by atoms with Crippen molar-refractivity contribution >= 4 is 76.4 Å². The lowest BCUT2D eigenvalue weighted by molar-refractivity contribution is 0.669. The Kier molecular flexibility index (Phi) is 6.71. The van der Waals surface area contributed by atoms with Gasteiger partial charge < -0.3 is 4.42 Å². The molecule has 0 aliphatic heterocycles. The first-order chi connectivity index (χ1) is 26.2. The van der Waals surface area contributed by atoms with Crippen LogP contribution in [0.4, 0.5) is 0 Å². The monoisotopic (exact) mass is 692 g/mol. The van der Waals surface area contributed by atoms with Crippen LogP contribution in [0.25, 0.3) is 110 Å². The summed E-state index contributed by atoms with van der Waals surface area (Å²) in [6.45, 7) is 2.22. The van der Waals surface area contributed by atoms with E-state index >= 15 is 0 Å². The number of aryl methyl sites for hydroxylation is 1. The minimum Gasteiger partial charge on any atom is -0.456 e. The zero-order chi connectivity index (χ0) is 35.0. The lowest BCUT2D eigenvalue weighted by Crippen LogP contribution is -1.91. The van der Waals surface area contributed by atoms with Crippen molar-refractivity contribution in [2.45, 2.75) is 6.92 Å². The maximum absolute atomic E-state index is 6.82. The van der Waals surface area contributed by atoms with E-state index < -0.39 is 0 Å². The molecule has 0 saturated carbocycles. The van der Waals surface area contributed by atoms with Crippen LogP contribution in [0.1, 0.15) is 5.56 Å². The fourth-order valence-electron chi connectivity index (χ4n) is 8.87. The Hall–Kier alpha value is -6.48. The number of rotatable bonds is 4. The highest BCUT2D eigenvalue weighted by molar-refractivity contribution is 7.08. The number of hydrogen-bond donors (Lipinski definition) is 0. The maximum Gasteiger partial charge on any atom is 0.136 e. The topological polar surface area (TPSA) is 13.1 Å². The van der Waals surface area contributed by atoms with Gasteiger partial charge in [0, 0.05) is 10.8 Å². The Morgan fingerprint density at radius 3 is 1.38 bits per heavy atom. The van der Waals surface area contributed by atoms with Gasteiger partial charge >= 0.3 is 0 Å². The first-order valence-electron chi connectivity index (χ1n) is 18.2. The van der Waals surface area contributed by atoms with Gasteiger partial charge in [-0.3, -0.25) is 0 Å². The largest absolute Gasteiger partial charge is 0.456 e. The minimum absolute atomic E-state index is 0.893. The molecule has 0 bridgehead atoms. The third kappa shape index (κ3) is 4.49. The van der Waals surface area contributed by atoms with Gasteiger partial charge in [-0.2, -0.15) is 11.3 Å². The van der Waals surface area contributed by atoms with Crippen LogP contribution >= 0.6 is 11.3 Å². The predicted octanol–water partition coefficient (Wildman–Crippen LogP) is 15.2. The van der Waals surface area contributed by atoms with Gasteiger partial charge in [0.25, 0.3) is 0 Å². The smallest absolute Gasteiger partial charge is 0.136 e. The van der Waals surface area contributed by atoms with Crippen molar-refractivity contribution in [2.75, 3.05) is 0 Å². The van der Waals surface area contributed by atoms with Crippen LogP contribution in [0.5, 0.6) is 0 Å². The molecule has 0 fully saturated rings. The van der Waals surface area contributed by atoms with Crippen molar-refractivity contribution in [3.8, 4) is 44.5 Å². The molecule has 2 heteroatoms. The molecule has 0 aliphatic rings. The number of benzene rings is 9. The van der Waals surface area contributed by atoms with Gasteiger partial charge in [-0.15, -0.1) is 0 Å². The Morgan fingerprint density at radius 2 is 0.849 bits per heavy atom. The Balaban J connectivity index is 1.18. The normalized spacial score (nSPS) is 11.9. The van der Waals surface area contributed by atoms with E-state index in [0.717, 1.165) is 27.5 Å². The van der Waals surface area contributed by atoms with Crippen molar-refractivity contribution in [3.63, 3.8) is 0 Å². The van der Waals surface area contributed by atoms with Gasteiger partial charge in [0.1, 0.15) is 11.2 Å². The molecule has 11 aromatic rings. The van der Waals surface area contributed by atoms with Gasteiger partial charge in [-0.1, -0.05) is 146 Å². The third-order valence-corrected chi connectivity index (χ3v) is 12.0. The summed E-state index contributed by atoms with van der Waals surface area (Å²) in [7, 11) is 0.